The summed E-state index contributed by atoms with van der Waals surface area (Å²) in [7, 11) is 2.88. The molecule has 8 heteroatoms. The van der Waals surface area contributed by atoms with Gasteiger partial charge in [-0.05, 0) is 47.7 Å². The van der Waals surface area contributed by atoms with Crippen LogP contribution in [0.3, 0.4) is 0 Å². The molecule has 0 spiro atoms. The van der Waals surface area contributed by atoms with Gasteiger partial charge in [0.1, 0.15) is 0 Å². The fourth-order valence-corrected chi connectivity index (χ4v) is 3.29. The Hall–Kier alpha value is -2.64. The molecule has 1 aliphatic heterocycles. The predicted octanol–water partition coefficient (Wildman–Crippen LogP) is 3.95. The molecule has 0 saturated carbocycles. The molecule has 0 unspecified atom stereocenters. The first-order valence-electron chi connectivity index (χ1n) is 7.51. The molecule has 0 atom stereocenters. The lowest BCUT2D eigenvalue weighted by Gasteiger charge is -2.09. The molecular formula is C18H15ClN2O4S. The molecule has 0 aromatic heterocycles. The number of methoxy groups -OCH3 is 2. The zero-order valence-corrected chi connectivity index (χ0v) is 15.5. The Labute approximate surface area is 159 Å². The van der Waals surface area contributed by atoms with Crippen molar-refractivity contribution in [3.8, 4) is 17.2 Å². The second kappa shape index (κ2) is 7.72. The number of hydrogen-bond acceptors (Lipinski definition) is 6. The number of aliphatic imine (C=N–C) groups is 1. The number of nitrogens with one attached hydrogen (secondary N) is 1. The van der Waals surface area contributed by atoms with E-state index in [1.54, 1.807) is 30.3 Å². The van der Waals surface area contributed by atoms with Crippen LogP contribution in [0.1, 0.15) is 5.56 Å². The molecule has 6 nitrogen and oxygen atoms in total. The maximum absolute atomic E-state index is 12.2. The molecule has 0 aliphatic carbocycles. The second-order valence-corrected chi connectivity index (χ2v) is 6.65. The lowest BCUT2D eigenvalue weighted by Crippen LogP contribution is -2.19. The van der Waals surface area contributed by atoms with Crippen molar-refractivity contribution in [1.82, 2.24) is 5.32 Å². The maximum atomic E-state index is 12.2. The highest BCUT2D eigenvalue weighted by Crippen LogP contribution is 2.38. The molecule has 1 amide bonds. The Morgan fingerprint density at radius 2 is 1.85 bits per heavy atom. The van der Waals surface area contributed by atoms with Gasteiger partial charge in [-0.15, -0.1) is 0 Å². The Kier molecular flexibility index (Phi) is 5.39. The van der Waals surface area contributed by atoms with E-state index in [0.29, 0.717) is 26.3 Å². The first-order valence-corrected chi connectivity index (χ1v) is 8.70. The van der Waals surface area contributed by atoms with Crippen LogP contribution in [0.2, 0.25) is 5.02 Å². The van der Waals surface area contributed by atoms with Crippen molar-refractivity contribution in [2.75, 3.05) is 14.2 Å². The van der Waals surface area contributed by atoms with Crippen molar-refractivity contribution in [2.45, 2.75) is 0 Å². The van der Waals surface area contributed by atoms with Crippen molar-refractivity contribution >= 4 is 46.2 Å². The lowest BCUT2D eigenvalue weighted by atomic mass is 10.1. The summed E-state index contributed by atoms with van der Waals surface area (Å²) < 4.78 is 10.3. The molecule has 0 radical (unpaired) electrons. The summed E-state index contributed by atoms with van der Waals surface area (Å²) in [5, 5.41) is 13.6. The van der Waals surface area contributed by atoms with Gasteiger partial charge in [0, 0.05) is 0 Å². The lowest BCUT2D eigenvalue weighted by molar-refractivity contribution is -0.115. The Bertz CT molecular complexity index is 902. The largest absolute Gasteiger partial charge is 0.502 e. The highest BCUT2D eigenvalue weighted by molar-refractivity contribution is 8.18. The van der Waals surface area contributed by atoms with Gasteiger partial charge in [-0.25, -0.2) is 4.99 Å². The molecule has 134 valence electrons. The minimum atomic E-state index is -0.271. The number of ether oxygens (including phenoxy) is 2. The molecule has 1 heterocycles. The van der Waals surface area contributed by atoms with Gasteiger partial charge in [-0.3, -0.25) is 4.79 Å². The first kappa shape index (κ1) is 18.2. The molecule has 2 aromatic carbocycles. The number of rotatable bonds is 4. The molecule has 3 rings (SSSR count). The number of para-hydroxylation sites is 1. The van der Waals surface area contributed by atoms with E-state index in [2.05, 4.69) is 10.3 Å². The van der Waals surface area contributed by atoms with Crippen molar-refractivity contribution in [3.05, 3.63) is 51.9 Å². The molecule has 1 aliphatic rings. The van der Waals surface area contributed by atoms with Crippen LogP contribution in [0.15, 0.2) is 46.3 Å². The van der Waals surface area contributed by atoms with E-state index in [1.165, 1.54) is 26.0 Å². The Morgan fingerprint density at radius 3 is 2.46 bits per heavy atom. The van der Waals surface area contributed by atoms with E-state index in [4.69, 9.17) is 21.1 Å². The molecule has 2 aromatic rings. The van der Waals surface area contributed by atoms with E-state index in [-0.39, 0.29) is 23.2 Å². The van der Waals surface area contributed by atoms with Crippen LogP contribution in [-0.4, -0.2) is 30.4 Å². The number of amidine groups is 1. The first-order chi connectivity index (χ1) is 12.5. The van der Waals surface area contributed by atoms with Gasteiger partial charge in [0.2, 0.25) is 5.75 Å². The fourth-order valence-electron chi connectivity index (χ4n) is 2.28. The van der Waals surface area contributed by atoms with Gasteiger partial charge in [0.15, 0.2) is 16.7 Å². The standard InChI is InChI=1S/C18H15ClN2O4S/c1-24-13-7-10(8-14(25-2)16(13)22)9-15-17(23)21-18(26-15)20-12-6-4-3-5-11(12)19/h3-9,22H,1-2H3,(H,20,21,23). The van der Waals surface area contributed by atoms with E-state index in [9.17, 15) is 9.90 Å². The number of carbonyl (C=O) groups excluding carboxylic acids is 1. The summed E-state index contributed by atoms with van der Waals surface area (Å²) in [5.41, 5.74) is 1.22. The van der Waals surface area contributed by atoms with Crippen LogP contribution in [0.25, 0.3) is 6.08 Å². The number of nitrogens with zero attached hydrogens (tertiary/aromatic N) is 1. The average Bonchev–Trinajstić information content (AvgIpc) is 2.97. The highest BCUT2D eigenvalue weighted by Gasteiger charge is 2.24. The molecule has 1 saturated heterocycles. The molecule has 2 N–H and O–H groups in total. The minimum absolute atomic E-state index is 0.0957. The third-order valence-corrected chi connectivity index (χ3v) is 4.75. The summed E-state index contributed by atoms with van der Waals surface area (Å²) in [5.74, 6) is 0.141. The molecule has 1 fully saturated rings. The van der Waals surface area contributed by atoms with Crippen LogP contribution in [0.5, 0.6) is 17.2 Å². The SMILES string of the molecule is COc1cc(C=C2SC(=Nc3ccccc3Cl)NC2=O)cc(OC)c1O. The quantitative estimate of drug-likeness (QED) is 0.772. The fraction of sp³-hybridized carbons (Fsp3) is 0.111. The molecular weight excluding hydrogens is 376 g/mol. The Morgan fingerprint density at radius 1 is 1.19 bits per heavy atom. The third kappa shape index (κ3) is 3.79. The monoisotopic (exact) mass is 390 g/mol. The topological polar surface area (TPSA) is 80.2 Å². The molecule has 0 bridgehead atoms. The van der Waals surface area contributed by atoms with Crippen LogP contribution in [-0.2, 0) is 4.79 Å². The number of phenolic OH excluding ortho intramolecular Hbond substituents is 1. The Balaban J connectivity index is 1.91. The summed E-state index contributed by atoms with van der Waals surface area (Å²) in [6.07, 6.45) is 1.67. The number of amides is 1. The van der Waals surface area contributed by atoms with Gasteiger partial charge >= 0.3 is 0 Å². The number of phenols is 1. The van der Waals surface area contributed by atoms with Gasteiger partial charge in [0.25, 0.3) is 5.91 Å². The van der Waals surface area contributed by atoms with Gasteiger partial charge in [-0.2, -0.15) is 0 Å². The van der Waals surface area contributed by atoms with Gasteiger partial charge < -0.3 is 19.9 Å². The minimum Gasteiger partial charge on any atom is -0.502 e. The van der Waals surface area contributed by atoms with Crippen molar-refractivity contribution in [2.24, 2.45) is 4.99 Å². The third-order valence-electron chi connectivity index (χ3n) is 3.53. The van der Waals surface area contributed by atoms with Crippen LogP contribution in [0.4, 0.5) is 5.69 Å². The molecule has 26 heavy (non-hydrogen) atoms. The van der Waals surface area contributed by atoms with Crippen LogP contribution in [0, 0.1) is 0 Å². The summed E-state index contributed by atoms with van der Waals surface area (Å²) in [6, 6.07) is 10.3. The zero-order chi connectivity index (χ0) is 18.7. The number of aromatic hydroxyl groups is 1. The number of thioether (sulfide) groups is 1. The van der Waals surface area contributed by atoms with E-state index < -0.39 is 0 Å². The van der Waals surface area contributed by atoms with Crippen LogP contribution >= 0.6 is 23.4 Å². The average molecular weight is 391 g/mol. The number of benzene rings is 2. The van der Waals surface area contributed by atoms with E-state index in [1.807, 2.05) is 12.1 Å². The summed E-state index contributed by atoms with van der Waals surface area (Å²) in [6.45, 7) is 0. The maximum Gasteiger partial charge on any atom is 0.264 e. The van der Waals surface area contributed by atoms with E-state index in [0.717, 1.165) is 0 Å². The van der Waals surface area contributed by atoms with Crippen molar-refractivity contribution < 1.29 is 19.4 Å². The smallest absolute Gasteiger partial charge is 0.264 e. The van der Waals surface area contributed by atoms with Gasteiger partial charge in [-0.1, -0.05) is 23.7 Å². The number of carbonyl (C=O) groups is 1. The summed E-state index contributed by atoms with van der Waals surface area (Å²) >= 11 is 7.29. The summed E-state index contributed by atoms with van der Waals surface area (Å²) in [4.78, 5) is 17.0. The zero-order valence-electron chi connectivity index (χ0n) is 13.9. The van der Waals surface area contributed by atoms with Gasteiger partial charge in [0.05, 0.1) is 29.8 Å². The second-order valence-electron chi connectivity index (χ2n) is 5.21. The van der Waals surface area contributed by atoms with E-state index >= 15 is 0 Å². The highest BCUT2D eigenvalue weighted by atomic mass is 35.5. The van der Waals surface area contributed by atoms with Crippen molar-refractivity contribution in [1.29, 1.82) is 0 Å². The number of hydrogen-bond donors (Lipinski definition) is 2. The number of halogens is 1. The van der Waals surface area contributed by atoms with Crippen LogP contribution < -0.4 is 14.8 Å². The predicted molar refractivity (Wildman–Crippen MR) is 103 cm³/mol. The normalized spacial score (nSPS) is 16.8. The van der Waals surface area contributed by atoms with Crippen molar-refractivity contribution in [3.63, 3.8) is 0 Å².